The summed E-state index contributed by atoms with van der Waals surface area (Å²) in [7, 11) is -3.99. The lowest BCUT2D eigenvalue weighted by Gasteiger charge is -2.08. The van der Waals surface area contributed by atoms with Crippen LogP contribution in [0.25, 0.3) is 10.8 Å². The molecule has 23 heavy (non-hydrogen) atoms. The van der Waals surface area contributed by atoms with Crippen LogP contribution in [0.3, 0.4) is 0 Å². The van der Waals surface area contributed by atoms with Crippen molar-refractivity contribution in [2.75, 3.05) is 5.84 Å². The van der Waals surface area contributed by atoms with Crippen LogP contribution in [0, 0.1) is 11.3 Å². The van der Waals surface area contributed by atoms with Gasteiger partial charge in [-0.2, -0.15) is 5.26 Å². The van der Waals surface area contributed by atoms with E-state index in [1.54, 1.807) is 12.1 Å². The monoisotopic (exact) mass is 326 g/mol. The lowest BCUT2D eigenvalue weighted by molar-refractivity contribution is 0.586. The van der Waals surface area contributed by atoms with E-state index >= 15 is 0 Å². The van der Waals surface area contributed by atoms with Gasteiger partial charge in [0.05, 0.1) is 21.9 Å². The number of benzene rings is 2. The summed E-state index contributed by atoms with van der Waals surface area (Å²) >= 11 is 0. The fourth-order valence-corrected chi connectivity index (χ4v) is 3.58. The van der Waals surface area contributed by atoms with Crippen LogP contribution in [0.1, 0.15) is 5.56 Å². The zero-order chi connectivity index (χ0) is 16.6. The molecule has 1 heterocycles. The Morgan fingerprint density at radius 2 is 1.65 bits per heavy atom. The average Bonchev–Trinajstić information content (AvgIpc) is 2.58. The molecule has 2 N–H and O–H groups in total. The molecule has 7 nitrogen and oxygen atoms in total. The van der Waals surface area contributed by atoms with Crippen LogP contribution in [0.5, 0.6) is 0 Å². The zero-order valence-electron chi connectivity index (χ0n) is 11.7. The van der Waals surface area contributed by atoms with Crippen molar-refractivity contribution < 1.29 is 8.42 Å². The van der Waals surface area contributed by atoms with Crippen molar-refractivity contribution in [3.8, 4) is 6.07 Å². The third-order valence-corrected chi connectivity index (χ3v) is 5.05. The van der Waals surface area contributed by atoms with Crippen LogP contribution >= 0.6 is 0 Å². The number of fused-ring (bicyclic) bond motifs is 1. The number of nitrogens with zero attached hydrogens (tertiary/aromatic N) is 3. The van der Waals surface area contributed by atoms with Crippen molar-refractivity contribution in [2.45, 2.75) is 9.92 Å². The summed E-state index contributed by atoms with van der Waals surface area (Å²) in [6.45, 7) is 0. The molecule has 0 aliphatic carbocycles. The van der Waals surface area contributed by atoms with Crippen LogP contribution in [0.2, 0.25) is 0 Å². The Balaban J connectivity index is 2.33. The summed E-state index contributed by atoms with van der Waals surface area (Å²) in [5.74, 6) is 5.49. The highest BCUT2D eigenvalue weighted by Gasteiger charge is 2.24. The third kappa shape index (κ3) is 2.33. The van der Waals surface area contributed by atoms with Gasteiger partial charge in [0.25, 0.3) is 5.56 Å². The van der Waals surface area contributed by atoms with Crippen LogP contribution in [-0.4, -0.2) is 18.3 Å². The fraction of sp³-hybridized carbons (Fsp3) is 0. The van der Waals surface area contributed by atoms with Gasteiger partial charge in [-0.25, -0.2) is 8.42 Å². The highest BCUT2D eigenvalue weighted by atomic mass is 32.2. The summed E-state index contributed by atoms with van der Waals surface area (Å²) < 4.78 is 25.6. The standard InChI is InChI=1S/C15H10N4O3S/c16-9-10-5-7-11(8-6-10)23(21,22)14-12-3-1-2-4-13(12)15(20)19(17)18-14/h1-8H,17H2. The molecule has 1 aromatic heterocycles. The number of hydrogen-bond acceptors (Lipinski definition) is 6. The van der Waals surface area contributed by atoms with Gasteiger partial charge in [-0.3, -0.25) is 4.79 Å². The molecule has 0 atom stereocenters. The van der Waals surface area contributed by atoms with E-state index < -0.39 is 15.4 Å². The van der Waals surface area contributed by atoms with Crippen LogP contribution < -0.4 is 11.4 Å². The first-order valence-corrected chi connectivity index (χ1v) is 7.96. The molecule has 3 rings (SSSR count). The molecular formula is C15H10N4O3S. The maximum Gasteiger partial charge on any atom is 0.293 e. The minimum atomic E-state index is -3.99. The summed E-state index contributed by atoms with van der Waals surface area (Å²) in [5, 5.41) is 12.6. The maximum absolute atomic E-state index is 12.8. The second-order valence-electron chi connectivity index (χ2n) is 4.74. The second-order valence-corrected chi connectivity index (χ2v) is 6.61. The Morgan fingerprint density at radius 1 is 1.04 bits per heavy atom. The van der Waals surface area contributed by atoms with Crippen molar-refractivity contribution in [1.82, 2.24) is 9.89 Å². The first-order valence-electron chi connectivity index (χ1n) is 6.47. The van der Waals surface area contributed by atoms with Gasteiger partial charge >= 0.3 is 0 Å². The minimum Gasteiger partial charge on any atom is -0.320 e. The second kappa shape index (κ2) is 5.23. The van der Waals surface area contributed by atoms with Crippen molar-refractivity contribution >= 4 is 20.6 Å². The van der Waals surface area contributed by atoms with Crippen molar-refractivity contribution in [2.24, 2.45) is 0 Å². The maximum atomic E-state index is 12.8. The topological polar surface area (TPSA) is 119 Å². The minimum absolute atomic E-state index is 0.0344. The van der Waals surface area contributed by atoms with E-state index in [-0.39, 0.29) is 20.7 Å². The SMILES string of the molecule is N#Cc1ccc(S(=O)(=O)c2nn(N)c(=O)c3ccccc23)cc1. The molecule has 0 fully saturated rings. The molecule has 114 valence electrons. The Labute approximate surface area is 131 Å². The number of nitrogens with two attached hydrogens (primary N) is 1. The molecular weight excluding hydrogens is 316 g/mol. The number of aromatic nitrogens is 2. The molecule has 0 saturated heterocycles. The molecule has 0 unspecified atom stereocenters. The Kier molecular flexibility index (Phi) is 3.35. The Morgan fingerprint density at radius 3 is 2.26 bits per heavy atom. The van der Waals surface area contributed by atoms with Gasteiger partial charge in [-0.05, 0) is 30.3 Å². The van der Waals surface area contributed by atoms with Gasteiger partial charge < -0.3 is 5.84 Å². The van der Waals surface area contributed by atoms with E-state index in [9.17, 15) is 13.2 Å². The molecule has 0 amide bonds. The molecule has 3 aromatic rings. The normalized spacial score (nSPS) is 11.3. The largest absolute Gasteiger partial charge is 0.320 e. The molecule has 0 aliphatic rings. The van der Waals surface area contributed by atoms with E-state index in [1.165, 1.54) is 36.4 Å². The lowest BCUT2D eigenvalue weighted by atomic mass is 10.2. The quantitative estimate of drug-likeness (QED) is 0.696. The average molecular weight is 326 g/mol. The predicted molar refractivity (Wildman–Crippen MR) is 82.8 cm³/mol. The van der Waals surface area contributed by atoms with E-state index in [0.29, 0.717) is 10.4 Å². The molecule has 8 heteroatoms. The van der Waals surface area contributed by atoms with Gasteiger partial charge in [-0.1, -0.05) is 18.2 Å². The van der Waals surface area contributed by atoms with Crippen LogP contribution in [0.15, 0.2) is 63.2 Å². The summed E-state index contributed by atoms with van der Waals surface area (Å²) in [5.41, 5.74) is -0.245. The Bertz CT molecular complexity index is 1110. The van der Waals surface area contributed by atoms with Gasteiger partial charge in [0.15, 0.2) is 5.03 Å². The van der Waals surface area contributed by atoms with E-state index in [4.69, 9.17) is 11.1 Å². The molecule has 0 spiro atoms. The molecule has 0 saturated carbocycles. The molecule has 0 radical (unpaired) electrons. The van der Waals surface area contributed by atoms with Crippen LogP contribution in [0.4, 0.5) is 0 Å². The van der Waals surface area contributed by atoms with E-state index in [0.717, 1.165) is 0 Å². The van der Waals surface area contributed by atoms with Crippen LogP contribution in [-0.2, 0) is 9.84 Å². The first kappa shape index (κ1) is 14.7. The van der Waals surface area contributed by atoms with E-state index in [2.05, 4.69) is 5.10 Å². The highest BCUT2D eigenvalue weighted by molar-refractivity contribution is 7.91. The number of nitrogen functional groups attached to an aromatic ring is 1. The van der Waals surface area contributed by atoms with Gasteiger partial charge in [-0.15, -0.1) is 9.89 Å². The smallest absolute Gasteiger partial charge is 0.293 e. The van der Waals surface area contributed by atoms with E-state index in [1.807, 2.05) is 6.07 Å². The van der Waals surface area contributed by atoms with Gasteiger partial charge in [0, 0.05) is 5.39 Å². The number of sulfone groups is 1. The summed E-state index contributed by atoms with van der Waals surface area (Å²) in [6, 6.07) is 13.6. The van der Waals surface area contributed by atoms with Gasteiger partial charge in [0.1, 0.15) is 0 Å². The zero-order valence-corrected chi connectivity index (χ0v) is 12.5. The molecule has 0 aliphatic heterocycles. The first-order chi connectivity index (χ1) is 10.9. The third-order valence-electron chi connectivity index (χ3n) is 3.34. The van der Waals surface area contributed by atoms with Crippen molar-refractivity contribution in [3.05, 3.63) is 64.4 Å². The van der Waals surface area contributed by atoms with Crippen molar-refractivity contribution in [3.63, 3.8) is 0 Å². The summed E-state index contributed by atoms with van der Waals surface area (Å²) in [6.07, 6.45) is 0. The molecule has 2 aromatic carbocycles. The summed E-state index contributed by atoms with van der Waals surface area (Å²) in [4.78, 5) is 12.5. The lowest BCUT2D eigenvalue weighted by Crippen LogP contribution is -2.31. The van der Waals surface area contributed by atoms with Gasteiger partial charge in [0.2, 0.25) is 9.84 Å². The van der Waals surface area contributed by atoms with Crippen molar-refractivity contribution in [1.29, 1.82) is 5.26 Å². The Hall–Kier alpha value is -3.18. The number of nitriles is 1. The fourth-order valence-electron chi connectivity index (χ4n) is 2.20. The number of hydrogen-bond donors (Lipinski definition) is 1. The molecule has 0 bridgehead atoms. The predicted octanol–water partition coefficient (Wildman–Crippen LogP) is 0.815. The number of rotatable bonds is 2. The highest BCUT2D eigenvalue weighted by Crippen LogP contribution is 2.24.